The van der Waals surface area contributed by atoms with Gasteiger partial charge in [-0.25, -0.2) is 13.2 Å². The minimum absolute atomic E-state index is 0.122. The third-order valence-corrected chi connectivity index (χ3v) is 2.08. The molecule has 7 heteroatoms. The quantitative estimate of drug-likeness (QED) is 0.652. The normalized spacial score (nSPS) is 10.7. The summed E-state index contributed by atoms with van der Waals surface area (Å²) in [5.41, 5.74) is 4.46. The highest BCUT2D eigenvalue weighted by atomic mass is 19.2. The van der Waals surface area contributed by atoms with Gasteiger partial charge in [0.15, 0.2) is 23.2 Å². The summed E-state index contributed by atoms with van der Waals surface area (Å²) in [6.07, 6.45) is 1.04. The van der Waals surface area contributed by atoms with Gasteiger partial charge in [0, 0.05) is 11.6 Å². The molecule has 0 aliphatic heterocycles. The summed E-state index contributed by atoms with van der Waals surface area (Å²) in [4.78, 5) is 0. The van der Waals surface area contributed by atoms with E-state index in [-0.39, 0.29) is 11.4 Å². The Bertz CT molecular complexity index is 527. The van der Waals surface area contributed by atoms with Gasteiger partial charge in [-0.05, 0) is 0 Å². The van der Waals surface area contributed by atoms with Gasteiger partial charge >= 0.3 is 0 Å². The average molecular weight is 229 g/mol. The number of hydrogen-bond acceptors (Lipinski definition) is 3. The summed E-state index contributed by atoms with van der Waals surface area (Å²) in [6.45, 7) is 0. The fourth-order valence-corrected chi connectivity index (χ4v) is 1.32. The van der Waals surface area contributed by atoms with Crippen LogP contribution in [-0.4, -0.2) is 15.3 Å². The monoisotopic (exact) mass is 229 g/mol. The van der Waals surface area contributed by atoms with Gasteiger partial charge in [-0.1, -0.05) is 0 Å². The molecule has 0 atom stereocenters. The van der Waals surface area contributed by atoms with Gasteiger partial charge < -0.3 is 10.8 Å². The number of aromatic hydroxyl groups is 1. The Morgan fingerprint density at radius 1 is 1.25 bits per heavy atom. The van der Waals surface area contributed by atoms with E-state index >= 15 is 0 Å². The topological polar surface area (TPSA) is 74.9 Å². The molecule has 0 spiro atoms. The Balaban J connectivity index is 2.79. The van der Waals surface area contributed by atoms with Crippen LogP contribution in [-0.2, 0) is 0 Å². The van der Waals surface area contributed by atoms with Crippen molar-refractivity contribution in [1.29, 1.82) is 0 Å². The van der Waals surface area contributed by atoms with Gasteiger partial charge in [-0.15, -0.1) is 0 Å². The smallest absolute Gasteiger partial charge is 0.175 e. The van der Waals surface area contributed by atoms with E-state index in [1.165, 1.54) is 0 Å². The van der Waals surface area contributed by atoms with Crippen molar-refractivity contribution in [1.82, 2.24) is 10.2 Å². The van der Waals surface area contributed by atoms with Crippen molar-refractivity contribution in [2.75, 3.05) is 5.73 Å². The number of aromatic amines is 1. The van der Waals surface area contributed by atoms with Crippen molar-refractivity contribution in [3.05, 3.63) is 29.7 Å². The average Bonchev–Trinajstić information content (AvgIpc) is 2.63. The third-order valence-electron chi connectivity index (χ3n) is 2.08. The largest absolute Gasteiger partial charge is 0.505 e. The summed E-state index contributed by atoms with van der Waals surface area (Å²) in [7, 11) is 0. The van der Waals surface area contributed by atoms with E-state index in [1.54, 1.807) is 0 Å². The molecule has 0 amide bonds. The number of hydrogen-bond donors (Lipinski definition) is 3. The van der Waals surface area contributed by atoms with Crippen LogP contribution < -0.4 is 5.73 Å². The van der Waals surface area contributed by atoms with Gasteiger partial charge in [-0.2, -0.15) is 5.10 Å². The summed E-state index contributed by atoms with van der Waals surface area (Å²) in [5.74, 6) is -5.19. The Morgan fingerprint density at radius 2 is 1.94 bits per heavy atom. The number of nitrogens with zero attached hydrogens (tertiary/aromatic N) is 1. The molecule has 0 radical (unpaired) electrons. The number of rotatable bonds is 1. The van der Waals surface area contributed by atoms with Crippen LogP contribution in [0.2, 0.25) is 0 Å². The van der Waals surface area contributed by atoms with E-state index in [2.05, 4.69) is 10.2 Å². The second kappa shape index (κ2) is 3.44. The number of anilines is 1. The Morgan fingerprint density at radius 3 is 2.50 bits per heavy atom. The zero-order valence-electron chi connectivity index (χ0n) is 7.76. The van der Waals surface area contributed by atoms with Gasteiger partial charge in [0.25, 0.3) is 0 Å². The zero-order valence-corrected chi connectivity index (χ0v) is 7.76. The first-order valence-electron chi connectivity index (χ1n) is 4.18. The molecule has 1 heterocycles. The van der Waals surface area contributed by atoms with Crippen LogP contribution in [0.15, 0.2) is 12.3 Å². The lowest BCUT2D eigenvalue weighted by Crippen LogP contribution is -1.97. The third kappa shape index (κ3) is 1.37. The van der Waals surface area contributed by atoms with Gasteiger partial charge in [0.05, 0.1) is 11.8 Å². The maximum absolute atomic E-state index is 13.4. The number of H-pyrrole nitrogens is 1. The van der Waals surface area contributed by atoms with Crippen LogP contribution in [0, 0.1) is 17.5 Å². The van der Waals surface area contributed by atoms with E-state index in [0.29, 0.717) is 6.07 Å². The van der Waals surface area contributed by atoms with Gasteiger partial charge in [0.1, 0.15) is 5.82 Å². The molecule has 0 aliphatic rings. The number of nitrogens with two attached hydrogens (primary N) is 1. The second-order valence-electron chi connectivity index (χ2n) is 3.08. The van der Waals surface area contributed by atoms with Gasteiger partial charge in [0.2, 0.25) is 0 Å². The van der Waals surface area contributed by atoms with E-state index in [9.17, 15) is 13.2 Å². The molecule has 0 fully saturated rings. The van der Waals surface area contributed by atoms with E-state index in [4.69, 9.17) is 10.8 Å². The summed E-state index contributed by atoms with van der Waals surface area (Å²) in [5, 5.41) is 14.7. The fourth-order valence-electron chi connectivity index (χ4n) is 1.32. The molecule has 1 aromatic carbocycles. The molecular weight excluding hydrogens is 223 g/mol. The number of nitrogens with one attached hydrogen (secondary N) is 1. The van der Waals surface area contributed by atoms with E-state index in [0.717, 1.165) is 6.20 Å². The molecule has 0 saturated carbocycles. The standard InChI is InChI=1S/C9H6F3N3O/c10-4-1-5(16)8(12)6(7(4)11)3-2-14-15-9(3)13/h1-2,16H,(H3,13,14,15). The predicted molar refractivity (Wildman–Crippen MR) is 50.0 cm³/mol. The van der Waals surface area contributed by atoms with Crippen LogP contribution >= 0.6 is 0 Å². The highest BCUT2D eigenvalue weighted by Crippen LogP contribution is 2.34. The molecule has 4 N–H and O–H groups in total. The fraction of sp³-hybridized carbons (Fsp3) is 0. The van der Waals surface area contributed by atoms with E-state index in [1.807, 2.05) is 0 Å². The lowest BCUT2D eigenvalue weighted by molar-refractivity contribution is 0.415. The van der Waals surface area contributed by atoms with Crippen molar-refractivity contribution in [3.63, 3.8) is 0 Å². The Hall–Kier alpha value is -2.18. The molecule has 2 aromatic rings. The summed E-state index contributed by atoms with van der Waals surface area (Å²) in [6, 6.07) is 0.352. The molecule has 16 heavy (non-hydrogen) atoms. The van der Waals surface area contributed by atoms with Crippen LogP contribution in [0.1, 0.15) is 0 Å². The van der Waals surface area contributed by atoms with Crippen molar-refractivity contribution in [2.45, 2.75) is 0 Å². The first-order chi connectivity index (χ1) is 7.52. The number of halogens is 3. The molecule has 0 bridgehead atoms. The summed E-state index contributed by atoms with van der Waals surface area (Å²) < 4.78 is 39.8. The molecule has 2 rings (SSSR count). The molecule has 4 nitrogen and oxygen atoms in total. The van der Waals surface area contributed by atoms with Crippen molar-refractivity contribution < 1.29 is 18.3 Å². The molecule has 1 aromatic heterocycles. The summed E-state index contributed by atoms with van der Waals surface area (Å²) >= 11 is 0. The lowest BCUT2D eigenvalue weighted by Gasteiger charge is -2.06. The van der Waals surface area contributed by atoms with Gasteiger partial charge in [-0.3, -0.25) is 5.10 Å². The highest BCUT2D eigenvalue weighted by Gasteiger charge is 2.22. The number of phenols is 1. The van der Waals surface area contributed by atoms with Crippen molar-refractivity contribution in [2.24, 2.45) is 0 Å². The molecule has 0 aliphatic carbocycles. The molecule has 84 valence electrons. The number of aromatic nitrogens is 2. The Labute approximate surface area is 87.5 Å². The van der Waals surface area contributed by atoms with Crippen molar-refractivity contribution >= 4 is 5.82 Å². The SMILES string of the molecule is Nc1[nH]ncc1-c1c(F)c(O)cc(F)c1F. The van der Waals surface area contributed by atoms with Crippen molar-refractivity contribution in [3.8, 4) is 16.9 Å². The minimum atomic E-state index is -1.43. The van der Waals surface area contributed by atoms with Crippen LogP contribution in [0.25, 0.3) is 11.1 Å². The lowest BCUT2D eigenvalue weighted by atomic mass is 10.1. The highest BCUT2D eigenvalue weighted by molar-refractivity contribution is 5.75. The van der Waals surface area contributed by atoms with E-state index < -0.39 is 28.8 Å². The molecule has 0 unspecified atom stereocenters. The predicted octanol–water partition coefficient (Wildman–Crippen LogP) is 1.78. The molecular formula is C9H6F3N3O. The first kappa shape index (κ1) is 10.3. The maximum atomic E-state index is 13.4. The zero-order chi connectivity index (χ0) is 11.9. The van der Waals surface area contributed by atoms with Crippen LogP contribution in [0.4, 0.5) is 19.0 Å². The Kier molecular flexibility index (Phi) is 2.22. The first-order valence-corrected chi connectivity index (χ1v) is 4.18. The molecule has 0 saturated heterocycles. The second-order valence-corrected chi connectivity index (χ2v) is 3.08. The number of benzene rings is 1. The number of phenolic OH excluding ortho intramolecular Hbond substituents is 1. The number of nitrogen functional groups attached to an aromatic ring is 1. The van der Waals surface area contributed by atoms with Crippen LogP contribution in [0.3, 0.4) is 0 Å². The van der Waals surface area contributed by atoms with Crippen LogP contribution in [0.5, 0.6) is 5.75 Å². The maximum Gasteiger partial charge on any atom is 0.175 e. The minimum Gasteiger partial charge on any atom is -0.505 e.